The van der Waals surface area contributed by atoms with Crippen LogP contribution in [0.25, 0.3) is 17.2 Å². The summed E-state index contributed by atoms with van der Waals surface area (Å²) in [6, 6.07) is 21.4. The number of nitrogens with zero attached hydrogens (tertiary/aromatic N) is 2. The summed E-state index contributed by atoms with van der Waals surface area (Å²) in [4.78, 5) is 18.1. The van der Waals surface area contributed by atoms with E-state index in [2.05, 4.69) is 23.4 Å². The standard InChI is InChI=1S/C37H44N2O5S/c1-5-20-39-27-38-28(4)36(39)26-45(41)35-17-8-29(9-18-35)24-33(40)14-10-32-25-31(13-19-37(32)43-7-3)30-11-15-34(16-12-30)44-23-22-42-21-6-2/h8-19,25,27H,5-7,20-24,26H2,1-4H3/b14-10+/t45-/m1/s1. The number of carbonyl (C=O) groups is 1. The lowest BCUT2D eigenvalue weighted by Crippen LogP contribution is -2.06. The molecule has 1 atom stereocenters. The molecule has 7 nitrogen and oxygen atoms in total. The summed E-state index contributed by atoms with van der Waals surface area (Å²) in [5, 5.41) is 0. The number of hydrogen-bond acceptors (Lipinski definition) is 6. The minimum atomic E-state index is -1.20. The summed E-state index contributed by atoms with van der Waals surface area (Å²) in [5.41, 5.74) is 5.67. The van der Waals surface area contributed by atoms with Crippen LogP contribution in [0.3, 0.4) is 0 Å². The molecule has 45 heavy (non-hydrogen) atoms. The van der Waals surface area contributed by atoms with Crippen molar-refractivity contribution in [1.82, 2.24) is 9.55 Å². The van der Waals surface area contributed by atoms with Crippen LogP contribution in [-0.4, -0.2) is 46.0 Å². The van der Waals surface area contributed by atoms with Gasteiger partial charge < -0.3 is 18.8 Å². The van der Waals surface area contributed by atoms with Crippen LogP contribution in [0.1, 0.15) is 56.1 Å². The van der Waals surface area contributed by atoms with Crippen molar-refractivity contribution in [3.63, 3.8) is 0 Å². The highest BCUT2D eigenvalue weighted by molar-refractivity contribution is 7.84. The summed E-state index contributed by atoms with van der Waals surface area (Å²) < 4.78 is 32.3. The number of rotatable bonds is 18. The Morgan fingerprint density at radius 3 is 2.36 bits per heavy atom. The maximum absolute atomic E-state index is 13.1. The third-order valence-electron chi connectivity index (χ3n) is 7.24. The first kappa shape index (κ1) is 33.9. The Kier molecular flexibility index (Phi) is 13.2. The van der Waals surface area contributed by atoms with Gasteiger partial charge in [0, 0.05) is 30.0 Å². The van der Waals surface area contributed by atoms with E-state index in [9.17, 15) is 9.00 Å². The molecule has 0 aliphatic rings. The number of ether oxygens (including phenoxy) is 3. The van der Waals surface area contributed by atoms with E-state index in [1.165, 1.54) is 0 Å². The molecule has 1 heterocycles. The molecule has 0 spiro atoms. The zero-order valence-electron chi connectivity index (χ0n) is 26.8. The SMILES string of the molecule is CCCOCCOc1ccc(-c2ccc(OCC)c(/C=C/C(=O)Cc3ccc([S@](=O)Cc4c(C)ncn4CCC)cc3)c2)cc1. The molecule has 4 rings (SSSR count). The van der Waals surface area contributed by atoms with Crippen molar-refractivity contribution in [2.75, 3.05) is 26.4 Å². The zero-order valence-corrected chi connectivity index (χ0v) is 27.6. The highest BCUT2D eigenvalue weighted by Gasteiger charge is 2.13. The first-order chi connectivity index (χ1) is 21.9. The third kappa shape index (κ3) is 9.99. The molecule has 0 amide bonds. The minimum absolute atomic E-state index is 0.0276. The second-order valence-corrected chi connectivity index (χ2v) is 12.2. The van der Waals surface area contributed by atoms with Gasteiger partial charge in [0.25, 0.3) is 0 Å². The molecular formula is C37H44N2O5S. The van der Waals surface area contributed by atoms with Gasteiger partial charge >= 0.3 is 0 Å². The molecule has 0 fully saturated rings. The number of aromatic nitrogens is 2. The van der Waals surface area contributed by atoms with Crippen LogP contribution >= 0.6 is 0 Å². The van der Waals surface area contributed by atoms with E-state index in [1.807, 2.05) is 93.0 Å². The summed E-state index contributed by atoms with van der Waals surface area (Å²) in [6.45, 7) is 11.3. The van der Waals surface area contributed by atoms with Crippen LogP contribution < -0.4 is 9.47 Å². The van der Waals surface area contributed by atoms with E-state index in [-0.39, 0.29) is 12.2 Å². The van der Waals surface area contributed by atoms with Crippen molar-refractivity contribution < 1.29 is 23.2 Å². The first-order valence-corrected chi connectivity index (χ1v) is 17.0. The molecule has 8 heteroatoms. The normalized spacial score (nSPS) is 12.0. The third-order valence-corrected chi connectivity index (χ3v) is 8.58. The van der Waals surface area contributed by atoms with Gasteiger partial charge in [-0.15, -0.1) is 0 Å². The van der Waals surface area contributed by atoms with Crippen molar-refractivity contribution in [3.8, 4) is 22.6 Å². The molecule has 3 aromatic carbocycles. The molecule has 0 aliphatic heterocycles. The van der Waals surface area contributed by atoms with Crippen LogP contribution in [-0.2, 0) is 39.0 Å². The number of carbonyl (C=O) groups excluding carboxylic acids is 1. The van der Waals surface area contributed by atoms with Crippen LogP contribution in [0.5, 0.6) is 11.5 Å². The molecule has 0 unspecified atom stereocenters. The molecule has 0 N–H and O–H groups in total. The van der Waals surface area contributed by atoms with Gasteiger partial charge in [0.2, 0.25) is 0 Å². The molecule has 0 aliphatic carbocycles. The molecule has 0 radical (unpaired) electrons. The second kappa shape index (κ2) is 17.5. The average Bonchev–Trinajstić information content (AvgIpc) is 3.39. The fourth-order valence-electron chi connectivity index (χ4n) is 4.89. The summed E-state index contributed by atoms with van der Waals surface area (Å²) in [7, 11) is -1.20. The Hall–Kier alpha value is -4.01. The van der Waals surface area contributed by atoms with Crippen molar-refractivity contribution in [3.05, 3.63) is 102 Å². The number of ketones is 1. The molecular weight excluding hydrogens is 584 g/mol. The highest BCUT2D eigenvalue weighted by atomic mass is 32.2. The van der Waals surface area contributed by atoms with Crippen molar-refractivity contribution >= 4 is 22.7 Å². The Morgan fingerprint density at radius 2 is 1.64 bits per heavy atom. The molecule has 4 aromatic rings. The van der Waals surface area contributed by atoms with E-state index < -0.39 is 10.8 Å². The summed E-state index contributed by atoms with van der Waals surface area (Å²) in [5.74, 6) is 1.91. The van der Waals surface area contributed by atoms with Crippen LogP contribution in [0.15, 0.2) is 84.0 Å². The number of aryl methyl sites for hydroxylation is 2. The smallest absolute Gasteiger partial charge is 0.160 e. The predicted molar refractivity (Wildman–Crippen MR) is 181 cm³/mol. The first-order valence-electron chi connectivity index (χ1n) is 15.7. The lowest BCUT2D eigenvalue weighted by molar-refractivity contribution is -0.113. The largest absolute Gasteiger partial charge is 0.493 e. The molecule has 0 saturated heterocycles. The number of allylic oxidation sites excluding steroid dienone is 1. The van der Waals surface area contributed by atoms with E-state index in [1.54, 1.807) is 6.08 Å². The zero-order chi connectivity index (χ0) is 32.0. The maximum atomic E-state index is 13.1. The minimum Gasteiger partial charge on any atom is -0.493 e. The van der Waals surface area contributed by atoms with Crippen molar-refractivity contribution in [2.45, 2.75) is 64.2 Å². The lowest BCUT2D eigenvalue weighted by atomic mass is 10.0. The van der Waals surface area contributed by atoms with Gasteiger partial charge in [-0.25, -0.2) is 4.98 Å². The molecule has 238 valence electrons. The van der Waals surface area contributed by atoms with E-state index in [0.717, 1.165) is 76.0 Å². The Balaban J connectivity index is 1.38. The number of benzene rings is 3. The van der Waals surface area contributed by atoms with Crippen LogP contribution in [0, 0.1) is 6.92 Å². The number of imidazole rings is 1. The van der Waals surface area contributed by atoms with Gasteiger partial charge in [0.1, 0.15) is 18.1 Å². The van der Waals surface area contributed by atoms with Crippen molar-refractivity contribution in [2.24, 2.45) is 0 Å². The van der Waals surface area contributed by atoms with E-state index >= 15 is 0 Å². The van der Waals surface area contributed by atoms with Crippen LogP contribution in [0.2, 0.25) is 0 Å². The van der Waals surface area contributed by atoms with E-state index in [4.69, 9.17) is 14.2 Å². The van der Waals surface area contributed by atoms with Crippen molar-refractivity contribution in [1.29, 1.82) is 0 Å². The van der Waals surface area contributed by atoms with Gasteiger partial charge in [-0.2, -0.15) is 0 Å². The monoisotopic (exact) mass is 628 g/mol. The fourth-order valence-corrected chi connectivity index (χ4v) is 6.12. The molecule has 0 bridgehead atoms. The maximum Gasteiger partial charge on any atom is 0.160 e. The van der Waals surface area contributed by atoms with Gasteiger partial charge in [-0.1, -0.05) is 44.2 Å². The Bertz CT molecular complexity index is 1580. The van der Waals surface area contributed by atoms with E-state index in [0.29, 0.717) is 25.6 Å². The summed E-state index contributed by atoms with van der Waals surface area (Å²) >= 11 is 0. The summed E-state index contributed by atoms with van der Waals surface area (Å²) in [6.07, 6.45) is 7.47. The Morgan fingerprint density at radius 1 is 0.889 bits per heavy atom. The predicted octanol–water partition coefficient (Wildman–Crippen LogP) is 7.61. The molecule has 0 saturated carbocycles. The second-order valence-electron chi connectivity index (χ2n) is 10.8. The highest BCUT2D eigenvalue weighted by Crippen LogP contribution is 2.29. The van der Waals surface area contributed by atoms with Gasteiger partial charge in [0.15, 0.2) is 5.78 Å². The quantitative estimate of drug-likeness (QED) is 0.0834. The average molecular weight is 629 g/mol. The fraction of sp³-hybridized carbons (Fsp3) is 0.351. The Labute approximate surface area is 269 Å². The van der Waals surface area contributed by atoms with Crippen LogP contribution in [0.4, 0.5) is 0 Å². The topological polar surface area (TPSA) is 79.7 Å². The van der Waals surface area contributed by atoms with Gasteiger partial charge in [0.05, 0.1) is 47.5 Å². The number of hydrogen-bond donors (Lipinski definition) is 0. The lowest BCUT2D eigenvalue weighted by Gasteiger charge is -2.11. The van der Waals surface area contributed by atoms with Gasteiger partial charge in [-0.3, -0.25) is 9.00 Å². The molecule has 1 aromatic heterocycles. The van der Waals surface area contributed by atoms with Gasteiger partial charge in [-0.05, 0) is 91.9 Å².